The Kier molecular flexibility index (Phi) is 4.17. The van der Waals surface area contributed by atoms with Crippen molar-refractivity contribution < 1.29 is 4.79 Å². The van der Waals surface area contributed by atoms with Crippen LogP contribution in [0, 0.1) is 25.2 Å². The molecule has 0 bridgehead atoms. The molecule has 2 aromatic heterocycles. The van der Waals surface area contributed by atoms with Crippen molar-refractivity contribution in [3.05, 3.63) is 57.4 Å². The van der Waals surface area contributed by atoms with Gasteiger partial charge in [0.15, 0.2) is 0 Å². The predicted octanol–water partition coefficient (Wildman–Crippen LogP) is 3.99. The molecule has 0 saturated heterocycles. The molecule has 0 aliphatic heterocycles. The summed E-state index contributed by atoms with van der Waals surface area (Å²) in [5.74, 6) is 1.29. The fourth-order valence-electron chi connectivity index (χ4n) is 3.11. The van der Waals surface area contributed by atoms with Crippen molar-refractivity contribution in [2.45, 2.75) is 39.2 Å². The molecule has 130 valence electrons. The van der Waals surface area contributed by atoms with E-state index >= 15 is 0 Å². The van der Waals surface area contributed by atoms with Gasteiger partial charge in [0.25, 0.3) is 5.91 Å². The number of benzene rings is 1. The second-order valence-electron chi connectivity index (χ2n) is 6.67. The number of carbonyl (C=O) groups excluding carboxylic acids is 1. The third-order valence-corrected chi connectivity index (χ3v) is 5.83. The highest BCUT2D eigenvalue weighted by atomic mass is 32.1. The molecular weight excluding hydrogens is 344 g/mol. The molecule has 5 nitrogen and oxygen atoms in total. The third-order valence-electron chi connectivity index (χ3n) is 4.65. The lowest BCUT2D eigenvalue weighted by Gasteiger charge is -2.05. The minimum Gasteiger partial charge on any atom is -0.347 e. The molecule has 0 spiro atoms. The van der Waals surface area contributed by atoms with Crippen molar-refractivity contribution in [1.29, 1.82) is 5.26 Å². The summed E-state index contributed by atoms with van der Waals surface area (Å²) in [4.78, 5) is 23.6. The van der Waals surface area contributed by atoms with E-state index in [1.807, 2.05) is 26.0 Å². The quantitative estimate of drug-likeness (QED) is 0.761. The van der Waals surface area contributed by atoms with Crippen molar-refractivity contribution in [2.75, 3.05) is 0 Å². The first-order chi connectivity index (χ1) is 12.6. The summed E-state index contributed by atoms with van der Waals surface area (Å²) in [6, 6.07) is 9.37. The molecule has 4 rings (SSSR count). The lowest BCUT2D eigenvalue weighted by Crippen LogP contribution is -2.22. The van der Waals surface area contributed by atoms with E-state index in [-0.39, 0.29) is 5.91 Å². The van der Waals surface area contributed by atoms with Gasteiger partial charge >= 0.3 is 0 Å². The maximum absolute atomic E-state index is 12.7. The van der Waals surface area contributed by atoms with E-state index in [0.717, 1.165) is 45.7 Å². The third kappa shape index (κ3) is 3.06. The number of nitrogens with zero attached hydrogens (tertiary/aromatic N) is 3. The van der Waals surface area contributed by atoms with Gasteiger partial charge in [-0.2, -0.15) is 5.26 Å². The number of hydrogen-bond donors (Lipinski definition) is 1. The van der Waals surface area contributed by atoms with Gasteiger partial charge < -0.3 is 5.32 Å². The Morgan fingerprint density at radius 2 is 2.15 bits per heavy atom. The molecular formula is C20H18N4OS. The normalized spacial score (nSPS) is 13.6. The molecule has 0 atom stereocenters. The van der Waals surface area contributed by atoms with Gasteiger partial charge in [0, 0.05) is 17.8 Å². The molecule has 1 aromatic carbocycles. The van der Waals surface area contributed by atoms with E-state index in [1.165, 1.54) is 11.3 Å². The SMILES string of the molecule is Cc1nc(C2CC2)nc2sc(C(=O)NCc3cccc(C#N)c3)c(C)c12. The maximum atomic E-state index is 12.7. The Morgan fingerprint density at radius 1 is 1.35 bits per heavy atom. The van der Waals surface area contributed by atoms with E-state index < -0.39 is 0 Å². The molecule has 2 heterocycles. The van der Waals surface area contributed by atoms with E-state index in [2.05, 4.69) is 16.4 Å². The van der Waals surface area contributed by atoms with Gasteiger partial charge in [0.05, 0.1) is 22.2 Å². The molecule has 1 saturated carbocycles. The van der Waals surface area contributed by atoms with Crippen LogP contribution in [-0.2, 0) is 6.54 Å². The smallest absolute Gasteiger partial charge is 0.261 e. The second-order valence-corrected chi connectivity index (χ2v) is 7.67. The molecule has 1 aliphatic carbocycles. The van der Waals surface area contributed by atoms with Crippen LogP contribution in [0.5, 0.6) is 0 Å². The van der Waals surface area contributed by atoms with Crippen LogP contribution < -0.4 is 5.32 Å². The number of thiophene rings is 1. The minimum absolute atomic E-state index is 0.111. The number of aryl methyl sites for hydroxylation is 2. The Labute approximate surface area is 155 Å². The van der Waals surface area contributed by atoms with E-state index in [9.17, 15) is 4.79 Å². The van der Waals surface area contributed by atoms with Gasteiger partial charge in [-0.3, -0.25) is 4.79 Å². The van der Waals surface area contributed by atoms with Crippen LogP contribution >= 0.6 is 11.3 Å². The molecule has 0 unspecified atom stereocenters. The Morgan fingerprint density at radius 3 is 2.88 bits per heavy atom. The Bertz CT molecular complexity index is 1060. The number of carbonyl (C=O) groups is 1. The fourth-order valence-corrected chi connectivity index (χ4v) is 4.27. The van der Waals surface area contributed by atoms with Gasteiger partial charge in [0.1, 0.15) is 10.7 Å². The number of amides is 1. The number of nitriles is 1. The second kappa shape index (κ2) is 6.50. The van der Waals surface area contributed by atoms with Crippen LogP contribution in [0.3, 0.4) is 0 Å². The number of aromatic nitrogens is 2. The van der Waals surface area contributed by atoms with Gasteiger partial charge in [-0.15, -0.1) is 11.3 Å². The molecule has 3 aromatic rings. The zero-order valence-electron chi connectivity index (χ0n) is 14.7. The Balaban J connectivity index is 1.59. The first-order valence-corrected chi connectivity index (χ1v) is 9.43. The van der Waals surface area contributed by atoms with Crippen LogP contribution in [0.2, 0.25) is 0 Å². The summed E-state index contributed by atoms with van der Waals surface area (Å²) in [7, 11) is 0. The van der Waals surface area contributed by atoms with Crippen molar-refractivity contribution in [3.8, 4) is 6.07 Å². The van der Waals surface area contributed by atoms with Crippen LogP contribution in [0.25, 0.3) is 10.2 Å². The fraction of sp³-hybridized carbons (Fsp3) is 0.300. The summed E-state index contributed by atoms with van der Waals surface area (Å²) >= 11 is 1.43. The number of hydrogen-bond acceptors (Lipinski definition) is 5. The number of rotatable bonds is 4. The standard InChI is InChI=1S/C20H18N4OS/c1-11-16-12(2)23-18(15-6-7-15)24-20(16)26-17(11)19(25)22-10-14-5-3-4-13(8-14)9-21/h3-5,8,15H,6-7,10H2,1-2H3,(H,22,25). The van der Waals surface area contributed by atoms with Crippen LogP contribution in [0.15, 0.2) is 24.3 Å². The van der Waals surface area contributed by atoms with Crippen LogP contribution in [-0.4, -0.2) is 15.9 Å². The average Bonchev–Trinajstić information content (AvgIpc) is 3.44. The van der Waals surface area contributed by atoms with Gasteiger partial charge in [-0.25, -0.2) is 9.97 Å². The molecule has 26 heavy (non-hydrogen) atoms. The Hall–Kier alpha value is -2.78. The average molecular weight is 362 g/mol. The molecule has 1 amide bonds. The van der Waals surface area contributed by atoms with Crippen LogP contribution in [0.1, 0.15) is 56.6 Å². The number of fused-ring (bicyclic) bond motifs is 1. The van der Waals surface area contributed by atoms with Crippen molar-refractivity contribution in [1.82, 2.24) is 15.3 Å². The summed E-state index contributed by atoms with van der Waals surface area (Å²) in [6.07, 6.45) is 2.31. The van der Waals surface area contributed by atoms with Gasteiger partial charge in [-0.05, 0) is 49.9 Å². The monoisotopic (exact) mass is 362 g/mol. The highest BCUT2D eigenvalue weighted by Crippen LogP contribution is 2.40. The van der Waals surface area contributed by atoms with Gasteiger partial charge in [-0.1, -0.05) is 12.1 Å². The molecule has 0 radical (unpaired) electrons. The van der Waals surface area contributed by atoms with Crippen molar-refractivity contribution in [3.63, 3.8) is 0 Å². The maximum Gasteiger partial charge on any atom is 0.261 e. The lowest BCUT2D eigenvalue weighted by molar-refractivity contribution is 0.0954. The molecule has 1 fully saturated rings. The van der Waals surface area contributed by atoms with Crippen molar-refractivity contribution in [2.24, 2.45) is 0 Å². The summed E-state index contributed by atoms with van der Waals surface area (Å²) in [6.45, 7) is 4.34. The highest BCUT2D eigenvalue weighted by molar-refractivity contribution is 7.20. The summed E-state index contributed by atoms with van der Waals surface area (Å²) < 4.78 is 0. The van der Waals surface area contributed by atoms with Crippen molar-refractivity contribution >= 4 is 27.5 Å². The molecule has 1 aliphatic rings. The van der Waals surface area contributed by atoms with E-state index in [1.54, 1.807) is 12.1 Å². The largest absolute Gasteiger partial charge is 0.347 e. The number of nitrogens with one attached hydrogen (secondary N) is 1. The predicted molar refractivity (Wildman–Crippen MR) is 101 cm³/mol. The zero-order valence-corrected chi connectivity index (χ0v) is 15.5. The van der Waals surface area contributed by atoms with E-state index in [0.29, 0.717) is 22.9 Å². The lowest BCUT2D eigenvalue weighted by atomic mass is 10.1. The first-order valence-electron chi connectivity index (χ1n) is 8.61. The highest BCUT2D eigenvalue weighted by Gasteiger charge is 2.28. The van der Waals surface area contributed by atoms with Crippen LogP contribution in [0.4, 0.5) is 0 Å². The topological polar surface area (TPSA) is 78.7 Å². The summed E-state index contributed by atoms with van der Waals surface area (Å²) in [5.41, 5.74) is 3.39. The summed E-state index contributed by atoms with van der Waals surface area (Å²) in [5, 5.41) is 12.9. The zero-order chi connectivity index (χ0) is 18.3. The minimum atomic E-state index is -0.111. The molecule has 1 N–H and O–H groups in total. The van der Waals surface area contributed by atoms with E-state index in [4.69, 9.17) is 10.2 Å². The molecule has 6 heteroatoms. The first kappa shape index (κ1) is 16.7. The van der Waals surface area contributed by atoms with Gasteiger partial charge in [0.2, 0.25) is 0 Å².